The van der Waals surface area contributed by atoms with E-state index in [1.807, 2.05) is 0 Å². The van der Waals surface area contributed by atoms with Gasteiger partial charge in [0.2, 0.25) is 5.91 Å². The largest absolute Gasteiger partial charge is 0.416 e. The number of amides is 1. The summed E-state index contributed by atoms with van der Waals surface area (Å²) in [6.07, 6.45) is -4.41. The van der Waals surface area contributed by atoms with E-state index in [0.29, 0.717) is 16.1 Å². The monoisotopic (exact) mass is 365 g/mol. The third kappa shape index (κ3) is 3.71. The van der Waals surface area contributed by atoms with Crippen LogP contribution in [-0.2, 0) is 11.0 Å². The van der Waals surface area contributed by atoms with Crippen LogP contribution in [0.1, 0.15) is 34.3 Å². The Morgan fingerprint density at radius 2 is 1.96 bits per heavy atom. The van der Waals surface area contributed by atoms with Crippen LogP contribution in [0.15, 0.2) is 47.4 Å². The Kier molecular flexibility index (Phi) is 4.60. The molecule has 1 heterocycles. The van der Waals surface area contributed by atoms with Crippen molar-refractivity contribution in [2.45, 2.75) is 23.9 Å². The maximum absolute atomic E-state index is 12.7. The van der Waals surface area contributed by atoms with Crippen molar-refractivity contribution in [3.05, 3.63) is 59.2 Å². The van der Waals surface area contributed by atoms with Gasteiger partial charge in [0, 0.05) is 16.1 Å². The number of rotatable bonds is 4. The van der Waals surface area contributed by atoms with Gasteiger partial charge in [-0.25, -0.2) is 0 Å². The number of Topliss-reactive ketones (excluding diaryl/α,β-unsaturated/α-hetero) is 1. The first-order valence-corrected chi connectivity index (χ1v) is 8.52. The van der Waals surface area contributed by atoms with Crippen molar-refractivity contribution in [3.8, 4) is 0 Å². The van der Waals surface area contributed by atoms with E-state index in [2.05, 4.69) is 5.32 Å². The zero-order valence-electron chi connectivity index (χ0n) is 13.2. The number of ketones is 1. The zero-order chi connectivity index (χ0) is 18.2. The second-order valence-electron chi connectivity index (χ2n) is 5.75. The first-order valence-electron chi connectivity index (χ1n) is 7.54. The van der Waals surface area contributed by atoms with Gasteiger partial charge in [0.05, 0.1) is 17.2 Å². The Labute approximate surface area is 146 Å². The molecule has 1 aliphatic heterocycles. The molecule has 0 fully saturated rings. The van der Waals surface area contributed by atoms with E-state index in [1.165, 1.54) is 6.07 Å². The van der Waals surface area contributed by atoms with Crippen molar-refractivity contribution < 1.29 is 22.8 Å². The van der Waals surface area contributed by atoms with Crippen molar-refractivity contribution in [1.29, 1.82) is 0 Å². The molecular weight excluding hydrogens is 351 g/mol. The summed E-state index contributed by atoms with van der Waals surface area (Å²) in [5.41, 5.74) is 1.17. The quantitative estimate of drug-likeness (QED) is 0.629. The average Bonchev–Trinajstić information content (AvgIpc) is 2.86. The number of alkyl halides is 3. The SMILES string of the molecule is C[C@@H]1C(=O)Nc2ccc(C(=O)CSc3cccc(C(F)(F)F)c3)cc21. The van der Waals surface area contributed by atoms with Gasteiger partial charge in [-0.05, 0) is 48.9 Å². The molecule has 0 aliphatic carbocycles. The number of thioether (sulfide) groups is 1. The van der Waals surface area contributed by atoms with Crippen molar-refractivity contribution in [1.82, 2.24) is 0 Å². The predicted molar refractivity (Wildman–Crippen MR) is 90.0 cm³/mol. The number of benzene rings is 2. The number of fused-ring (bicyclic) bond motifs is 1. The Hall–Kier alpha value is -2.28. The predicted octanol–water partition coefficient (Wildman–Crippen LogP) is 4.74. The van der Waals surface area contributed by atoms with Crippen LogP contribution in [0.3, 0.4) is 0 Å². The molecule has 0 radical (unpaired) electrons. The molecule has 0 spiro atoms. The molecule has 0 saturated carbocycles. The minimum absolute atomic E-state index is 0.0237. The lowest BCUT2D eigenvalue weighted by molar-refractivity contribution is -0.137. The highest BCUT2D eigenvalue weighted by Gasteiger charge is 2.30. The van der Waals surface area contributed by atoms with Gasteiger partial charge in [-0.15, -0.1) is 11.8 Å². The molecule has 1 N–H and O–H groups in total. The van der Waals surface area contributed by atoms with Crippen molar-refractivity contribution >= 4 is 29.1 Å². The van der Waals surface area contributed by atoms with Crippen LogP contribution in [0.5, 0.6) is 0 Å². The summed E-state index contributed by atoms with van der Waals surface area (Å²) in [6.45, 7) is 1.76. The fourth-order valence-electron chi connectivity index (χ4n) is 2.58. The molecule has 7 heteroatoms. The number of nitrogens with one attached hydrogen (secondary N) is 1. The molecule has 2 aromatic carbocycles. The highest BCUT2D eigenvalue weighted by atomic mass is 32.2. The van der Waals surface area contributed by atoms with Crippen LogP contribution in [0.4, 0.5) is 18.9 Å². The number of hydrogen-bond acceptors (Lipinski definition) is 3. The molecule has 2 aromatic rings. The third-order valence-electron chi connectivity index (χ3n) is 4.02. The minimum atomic E-state index is -4.41. The number of hydrogen-bond donors (Lipinski definition) is 1. The number of carbonyl (C=O) groups excluding carboxylic acids is 2. The summed E-state index contributed by atoms with van der Waals surface area (Å²) in [6, 6.07) is 9.87. The minimum Gasteiger partial charge on any atom is -0.325 e. The topological polar surface area (TPSA) is 46.2 Å². The molecule has 1 amide bonds. The number of anilines is 1. The van der Waals surface area contributed by atoms with Gasteiger partial charge in [-0.2, -0.15) is 13.2 Å². The molecular formula is C18H14F3NO2S. The van der Waals surface area contributed by atoms with Gasteiger partial charge in [-0.1, -0.05) is 6.07 Å². The van der Waals surface area contributed by atoms with Crippen molar-refractivity contribution in [2.24, 2.45) is 0 Å². The molecule has 3 nitrogen and oxygen atoms in total. The van der Waals surface area contributed by atoms with Crippen LogP contribution in [0.25, 0.3) is 0 Å². The third-order valence-corrected chi connectivity index (χ3v) is 5.02. The average molecular weight is 365 g/mol. The van der Waals surface area contributed by atoms with Gasteiger partial charge >= 0.3 is 6.18 Å². The summed E-state index contributed by atoms with van der Waals surface area (Å²) < 4.78 is 38.2. The molecule has 0 saturated heterocycles. The van der Waals surface area contributed by atoms with E-state index in [4.69, 9.17) is 0 Å². The summed E-state index contributed by atoms with van der Waals surface area (Å²) in [5.74, 6) is -0.607. The first kappa shape index (κ1) is 17.5. The molecule has 3 rings (SSSR count). The van der Waals surface area contributed by atoms with Gasteiger partial charge < -0.3 is 5.32 Å². The normalized spacial score (nSPS) is 16.5. The van der Waals surface area contributed by atoms with Crippen molar-refractivity contribution in [3.63, 3.8) is 0 Å². The molecule has 130 valence electrons. The second kappa shape index (κ2) is 6.55. The van der Waals surface area contributed by atoms with Gasteiger partial charge in [0.25, 0.3) is 0 Å². The van der Waals surface area contributed by atoms with E-state index in [9.17, 15) is 22.8 Å². The Morgan fingerprint density at radius 1 is 1.20 bits per heavy atom. The number of carbonyl (C=O) groups is 2. The van der Waals surface area contributed by atoms with Crippen LogP contribution in [-0.4, -0.2) is 17.4 Å². The Bertz CT molecular complexity index is 848. The molecule has 0 unspecified atom stereocenters. The summed E-state index contributed by atoms with van der Waals surface area (Å²) in [7, 11) is 0. The van der Waals surface area contributed by atoms with E-state index >= 15 is 0 Å². The van der Waals surface area contributed by atoms with Crippen LogP contribution >= 0.6 is 11.8 Å². The smallest absolute Gasteiger partial charge is 0.325 e. The first-order chi connectivity index (χ1) is 11.8. The summed E-state index contributed by atoms with van der Waals surface area (Å²) >= 11 is 1.06. The van der Waals surface area contributed by atoms with Crippen LogP contribution in [0, 0.1) is 0 Å². The fourth-order valence-corrected chi connectivity index (χ4v) is 3.43. The lowest BCUT2D eigenvalue weighted by Crippen LogP contribution is -2.08. The van der Waals surface area contributed by atoms with E-state index < -0.39 is 11.7 Å². The van der Waals surface area contributed by atoms with Crippen LogP contribution < -0.4 is 5.32 Å². The summed E-state index contributed by atoms with van der Waals surface area (Å²) in [4.78, 5) is 24.4. The standard InChI is InChI=1S/C18H14F3NO2S/c1-10-14-7-11(5-6-15(14)22-17(10)24)16(23)9-25-13-4-2-3-12(8-13)18(19,20)21/h2-8,10H,9H2,1H3,(H,22,24)/t10-/m0/s1. The van der Waals surface area contributed by atoms with E-state index in [-0.39, 0.29) is 23.4 Å². The highest BCUT2D eigenvalue weighted by molar-refractivity contribution is 8.00. The zero-order valence-corrected chi connectivity index (χ0v) is 14.0. The van der Waals surface area contributed by atoms with Gasteiger partial charge in [0.15, 0.2) is 5.78 Å². The van der Waals surface area contributed by atoms with Crippen LogP contribution in [0.2, 0.25) is 0 Å². The van der Waals surface area contributed by atoms with Gasteiger partial charge in [-0.3, -0.25) is 9.59 Å². The van der Waals surface area contributed by atoms with E-state index in [0.717, 1.165) is 29.5 Å². The molecule has 25 heavy (non-hydrogen) atoms. The molecule has 0 bridgehead atoms. The molecule has 1 aliphatic rings. The number of halogens is 3. The molecule has 1 atom stereocenters. The lowest BCUT2D eigenvalue weighted by atomic mass is 9.99. The summed E-state index contributed by atoms with van der Waals surface area (Å²) in [5, 5.41) is 2.73. The maximum Gasteiger partial charge on any atom is 0.416 e. The fraction of sp³-hybridized carbons (Fsp3) is 0.222. The van der Waals surface area contributed by atoms with E-state index in [1.54, 1.807) is 31.2 Å². The highest BCUT2D eigenvalue weighted by Crippen LogP contribution is 2.34. The van der Waals surface area contributed by atoms with Gasteiger partial charge in [0.1, 0.15) is 0 Å². The Balaban J connectivity index is 1.71. The van der Waals surface area contributed by atoms with Crippen molar-refractivity contribution in [2.75, 3.05) is 11.1 Å². The lowest BCUT2D eigenvalue weighted by Gasteiger charge is -2.09. The Morgan fingerprint density at radius 3 is 2.68 bits per heavy atom. The second-order valence-corrected chi connectivity index (χ2v) is 6.80. The molecule has 0 aromatic heterocycles. The maximum atomic E-state index is 12.7.